The first-order valence-electron chi connectivity index (χ1n) is 47.1. The molecule has 127 heavy (non-hydrogen) atoms. The number of hydrogen-bond acceptors (Lipinski definition) is 22. The minimum atomic E-state index is -2.25. The lowest BCUT2D eigenvalue weighted by Gasteiger charge is -2.33. The maximum absolute atomic E-state index is 8.35. The number of aryl methyl sites for hydroxylation is 10. The van der Waals surface area contributed by atoms with Crippen LogP contribution in [0.15, 0.2) is 248 Å². The molecule has 7 aromatic carbocycles. The average molecular weight is 1700 g/mol. The van der Waals surface area contributed by atoms with Gasteiger partial charge in [0.2, 0.25) is 28.6 Å². The third-order valence-electron chi connectivity index (χ3n) is 25.0. The van der Waals surface area contributed by atoms with E-state index in [1.807, 2.05) is 233 Å². The minimum Gasteiger partial charge on any atom is -0.435 e. The molecule has 22 nitrogen and oxygen atoms in total. The predicted octanol–water partition coefficient (Wildman–Crippen LogP) is 25.6. The van der Waals surface area contributed by atoms with Gasteiger partial charge >= 0.3 is 0 Å². The fourth-order valence-electron chi connectivity index (χ4n) is 18.5. The summed E-state index contributed by atoms with van der Waals surface area (Å²) in [6, 6.07) is 57.7. The monoisotopic (exact) mass is 1690 g/mol. The van der Waals surface area contributed by atoms with Crippen LogP contribution < -0.4 is 34.3 Å². The van der Waals surface area contributed by atoms with Gasteiger partial charge in [-0.25, -0.2) is 34.9 Å². The molecule has 0 fully saturated rings. The summed E-state index contributed by atoms with van der Waals surface area (Å²) in [6.45, 7) is 33.4. The molecule has 0 N–H and O–H groups in total. The Balaban J connectivity index is 0.000000109. The van der Waals surface area contributed by atoms with Crippen LogP contribution >= 0.6 is 0 Å². The van der Waals surface area contributed by atoms with Crippen LogP contribution in [-0.4, -0.2) is 106 Å². The van der Waals surface area contributed by atoms with E-state index in [0.717, 1.165) is 190 Å². The van der Waals surface area contributed by atoms with E-state index in [2.05, 4.69) is 169 Å². The molecule has 642 valence electrons. The van der Waals surface area contributed by atoms with Gasteiger partial charge in [0.15, 0.2) is 39.6 Å². The SMILES string of the molecule is Cc1ccc2c(n1)oc1c(N3c4nccnc4N(c4ccccc4)[C@@H]3C)c(C)ccc12.[2H]C(C)(C)N1C=CN(c2c(C)ccc3c2oc2nc(C)ccc23)[C@H]1C.[2H]C(C)(C)N1C=CN(c2c(C)ccc3c2oc2nc(C)ccc23)[C@H]1C.[2H]C([2H])([2H])N1C=CN(c2c(C)ccc3c2oc2nc(C)ccc23)[C@H]1C.[2H]C([2H])([2H])N1c2ccccc2N(c2c(C)ccc3c2oc2nc(C)ccc23)[C@H]1C. The molecule has 0 aliphatic carbocycles. The Labute approximate surface area is 750 Å². The molecular weight excluding hydrogens is 1580 g/mol. The molecule has 0 saturated carbocycles. The number of para-hydroxylation sites is 3. The largest absolute Gasteiger partial charge is 0.435 e. The molecule has 5 aliphatic rings. The summed E-state index contributed by atoms with van der Waals surface area (Å²) in [4.78, 5) is 51.9. The first-order valence-corrected chi connectivity index (χ1v) is 43.1. The molecule has 0 amide bonds. The van der Waals surface area contributed by atoms with Crippen molar-refractivity contribution >= 4 is 167 Å². The Bertz CT molecular complexity index is 7430. The zero-order valence-corrected chi connectivity index (χ0v) is 74.9. The molecule has 0 spiro atoms. The van der Waals surface area contributed by atoms with Gasteiger partial charge in [-0.2, -0.15) is 0 Å². The van der Waals surface area contributed by atoms with E-state index in [4.69, 9.17) is 38.0 Å². The molecule has 22 heteroatoms. The fraction of sp³-hybridized carbons (Fsp3) is 0.267. The van der Waals surface area contributed by atoms with Gasteiger partial charge < -0.3 is 66.2 Å². The second kappa shape index (κ2) is 32.3. The second-order valence-electron chi connectivity index (χ2n) is 34.0. The van der Waals surface area contributed by atoms with Crippen molar-refractivity contribution in [2.45, 2.75) is 174 Å². The van der Waals surface area contributed by atoms with Crippen molar-refractivity contribution in [1.82, 2.24) is 49.6 Å². The van der Waals surface area contributed by atoms with Crippen LogP contribution in [-0.2, 0) is 0 Å². The van der Waals surface area contributed by atoms with Crippen LogP contribution in [0.2, 0.25) is 0 Å². The Morgan fingerprint density at radius 2 is 0.614 bits per heavy atom. The third kappa shape index (κ3) is 14.1. The summed E-state index contributed by atoms with van der Waals surface area (Å²) in [5, 5.41) is 10.2. The smallest absolute Gasteiger partial charge is 0.227 e. The number of hydrogen-bond donors (Lipinski definition) is 0. The van der Waals surface area contributed by atoms with E-state index in [-0.39, 0.29) is 24.7 Å². The Kier molecular flexibility index (Phi) is 18.6. The number of benzene rings is 7. The van der Waals surface area contributed by atoms with Crippen molar-refractivity contribution in [2.75, 3.05) is 48.3 Å². The Hall–Kier alpha value is -14.4. The molecule has 5 aliphatic heterocycles. The maximum Gasteiger partial charge on any atom is 0.227 e. The van der Waals surface area contributed by atoms with E-state index < -0.39 is 32.2 Å². The van der Waals surface area contributed by atoms with Crippen molar-refractivity contribution in [3.63, 3.8) is 0 Å². The second-order valence-corrected chi connectivity index (χ2v) is 34.0. The molecule has 0 bridgehead atoms. The molecule has 0 unspecified atom stereocenters. The number of furan rings is 5. The fourth-order valence-corrected chi connectivity index (χ4v) is 18.5. The molecule has 18 aromatic rings. The molecule has 0 saturated heterocycles. The number of anilines is 10. The number of fused-ring (bicyclic) bond motifs is 17. The zero-order valence-electron chi connectivity index (χ0n) is 82.9. The third-order valence-corrected chi connectivity index (χ3v) is 25.0. The van der Waals surface area contributed by atoms with E-state index in [1.165, 1.54) is 9.80 Å². The molecule has 11 aromatic heterocycles. The Morgan fingerprint density at radius 1 is 0.299 bits per heavy atom. The lowest BCUT2D eigenvalue weighted by Crippen LogP contribution is -2.39. The van der Waals surface area contributed by atoms with Gasteiger partial charge in [0.25, 0.3) is 0 Å². The summed E-state index contributed by atoms with van der Waals surface area (Å²) >= 11 is 0. The zero-order chi connectivity index (χ0) is 95.4. The summed E-state index contributed by atoms with van der Waals surface area (Å²) in [6.07, 6.45) is 14.3. The average Bonchev–Trinajstić information content (AvgIpc) is 1.48. The van der Waals surface area contributed by atoms with Crippen molar-refractivity contribution in [3.8, 4) is 0 Å². The van der Waals surface area contributed by atoms with Crippen LogP contribution in [0.25, 0.3) is 110 Å². The minimum absolute atomic E-state index is 0.0352. The Morgan fingerprint density at radius 3 is 0.961 bits per heavy atom. The van der Waals surface area contributed by atoms with Crippen molar-refractivity contribution in [3.05, 3.63) is 282 Å². The van der Waals surface area contributed by atoms with Crippen molar-refractivity contribution in [2.24, 2.45) is 0 Å². The van der Waals surface area contributed by atoms with Gasteiger partial charge in [-0.05, 0) is 244 Å². The predicted molar refractivity (Wildman–Crippen MR) is 519 cm³/mol. The van der Waals surface area contributed by atoms with Gasteiger partial charge in [0, 0.05) is 172 Å². The number of aromatic nitrogens is 7. The topological polar surface area (TPSA) is 188 Å². The van der Waals surface area contributed by atoms with Crippen LogP contribution in [0.1, 0.15) is 130 Å². The quantitative estimate of drug-likeness (QED) is 0.140. The molecule has 23 rings (SSSR count). The van der Waals surface area contributed by atoms with Gasteiger partial charge in [-0.3, -0.25) is 4.90 Å². The van der Waals surface area contributed by atoms with Crippen LogP contribution in [0, 0.1) is 69.2 Å². The highest BCUT2D eigenvalue weighted by Gasteiger charge is 2.41. The number of pyridine rings is 5. The summed E-state index contributed by atoms with van der Waals surface area (Å²) in [7, 11) is 0. The van der Waals surface area contributed by atoms with Crippen LogP contribution in [0.4, 0.5) is 57.1 Å². The van der Waals surface area contributed by atoms with Gasteiger partial charge in [-0.15, -0.1) is 0 Å². The molecular formula is C105H107N17O5. The highest BCUT2D eigenvalue weighted by atomic mass is 16.4. The van der Waals surface area contributed by atoms with Crippen molar-refractivity contribution in [1.29, 1.82) is 0 Å². The summed E-state index contributed by atoms with van der Waals surface area (Å²) in [5.41, 5.74) is 24.7. The highest BCUT2D eigenvalue weighted by Crippen LogP contribution is 2.52. The first-order chi connectivity index (χ1) is 64.2. The van der Waals surface area contributed by atoms with E-state index >= 15 is 0 Å². The highest BCUT2D eigenvalue weighted by molar-refractivity contribution is 6.14. The number of rotatable bonds is 8. The summed E-state index contributed by atoms with van der Waals surface area (Å²) in [5.74, 6) is 1.65. The van der Waals surface area contributed by atoms with Crippen molar-refractivity contribution < 1.29 is 33.1 Å². The van der Waals surface area contributed by atoms with Gasteiger partial charge in [0.05, 0.1) is 42.6 Å². The summed E-state index contributed by atoms with van der Waals surface area (Å²) < 4.78 is 95.0. The first kappa shape index (κ1) is 73.0. The molecule has 16 heterocycles. The normalized spacial score (nSPS) is 18.4. The maximum atomic E-state index is 8.35. The van der Waals surface area contributed by atoms with Gasteiger partial charge in [0.1, 0.15) is 30.8 Å². The lowest BCUT2D eigenvalue weighted by atomic mass is 10.1. The molecule has 0 radical (unpaired) electrons. The van der Waals surface area contributed by atoms with Crippen LogP contribution in [0.3, 0.4) is 0 Å². The van der Waals surface area contributed by atoms with E-state index in [0.29, 0.717) is 34.3 Å². The van der Waals surface area contributed by atoms with Crippen LogP contribution in [0.5, 0.6) is 0 Å². The lowest BCUT2D eigenvalue weighted by molar-refractivity contribution is 0.263. The molecule has 5 atom stereocenters. The standard InChI is InChI=1S/C25H21N5O.C22H21N3O.2C20H23N3O.C18H19N3O/c1-15-9-11-19-20-12-10-16(2)28-25(20)31-22(19)21(15)30-17(3)29(18-7-5-4-6-8-18)23-24(30)27-14-13-26-23;1-13-9-11-16-17-12-10-14(2)23-22(17)26-21(16)20(13)25-15(3)24(4)18-7-5-6-8-19(18)25;2*1-12(2)22-10-11-23(15(22)5)18-13(3)6-8-16-17-9-7-14(4)21-20(17)24-19(16)18;1-11-5-7-14-15-8-6-12(2)19-18(15)22-17(14)16(11)21-10-9-20(4)13(21)3/h4-14,17H,1-3H3;5-12,15H,1-4H3;2*6-12,15H,1-5H3;5-10,13H,1-4H3/t17-;3*15-;13-/m00000/s1/i;4D3;2*12D;4D3. The van der Waals surface area contributed by atoms with E-state index in [1.54, 1.807) is 24.8 Å². The van der Waals surface area contributed by atoms with E-state index in [9.17, 15) is 0 Å². The van der Waals surface area contributed by atoms with Gasteiger partial charge in [-0.1, -0.05) is 91.0 Å². The number of nitrogens with zero attached hydrogens (tertiary/aromatic N) is 17.